The minimum atomic E-state index is -0.162. The molecule has 2 N–H and O–H groups in total. The van der Waals surface area contributed by atoms with Gasteiger partial charge >= 0.3 is 6.03 Å². The molecule has 0 saturated heterocycles. The number of nitrogens with one attached hydrogen (secondary N) is 2. The predicted molar refractivity (Wildman–Crippen MR) is 76.1 cm³/mol. The fraction of sp³-hybridized carbons (Fsp3) is 0.214. The first-order chi connectivity index (χ1) is 8.74. The van der Waals surface area contributed by atoms with E-state index < -0.39 is 0 Å². The van der Waals surface area contributed by atoms with Crippen LogP contribution in [0.3, 0.4) is 0 Å². The van der Waals surface area contributed by atoms with Crippen molar-refractivity contribution in [1.29, 1.82) is 0 Å². The van der Waals surface area contributed by atoms with Gasteiger partial charge in [-0.25, -0.2) is 4.79 Å². The van der Waals surface area contributed by atoms with E-state index in [1.807, 2.05) is 48.7 Å². The number of hydrogen-bond acceptors (Lipinski definition) is 2. The van der Waals surface area contributed by atoms with Gasteiger partial charge in [0.1, 0.15) is 0 Å². The summed E-state index contributed by atoms with van der Waals surface area (Å²) in [5.74, 6) is 0. The number of carbonyl (C=O) groups excluding carboxylic acids is 1. The second kappa shape index (κ2) is 6.21. The van der Waals surface area contributed by atoms with Crippen molar-refractivity contribution in [1.82, 2.24) is 5.32 Å². The van der Waals surface area contributed by atoms with Crippen LogP contribution in [0.25, 0.3) is 0 Å². The largest absolute Gasteiger partial charge is 0.335 e. The molecule has 0 bridgehead atoms. The van der Waals surface area contributed by atoms with Gasteiger partial charge in [-0.2, -0.15) is 0 Å². The molecule has 0 spiro atoms. The number of rotatable bonds is 4. The van der Waals surface area contributed by atoms with Crippen LogP contribution in [0.5, 0.6) is 0 Å². The van der Waals surface area contributed by atoms with Gasteiger partial charge in [-0.3, -0.25) is 0 Å². The molecule has 0 aliphatic rings. The second-order valence-electron chi connectivity index (χ2n) is 4.15. The molecular weight excluding hydrogens is 244 g/mol. The van der Waals surface area contributed by atoms with Crippen LogP contribution in [-0.4, -0.2) is 12.1 Å². The van der Waals surface area contributed by atoms with E-state index in [-0.39, 0.29) is 12.1 Å². The number of para-hydroxylation sites is 1. The maximum atomic E-state index is 11.7. The van der Waals surface area contributed by atoms with Gasteiger partial charge in [-0.15, -0.1) is 11.3 Å². The fourth-order valence-corrected chi connectivity index (χ4v) is 2.53. The van der Waals surface area contributed by atoms with E-state index in [0.717, 1.165) is 12.1 Å². The number of urea groups is 1. The zero-order chi connectivity index (χ0) is 12.8. The molecule has 1 aromatic carbocycles. The monoisotopic (exact) mass is 260 g/mol. The first-order valence-corrected chi connectivity index (χ1v) is 6.77. The minimum absolute atomic E-state index is 0.118. The maximum absolute atomic E-state index is 11.7. The van der Waals surface area contributed by atoms with Crippen molar-refractivity contribution in [3.63, 3.8) is 0 Å². The average Bonchev–Trinajstić information content (AvgIpc) is 2.82. The summed E-state index contributed by atoms with van der Waals surface area (Å²) in [4.78, 5) is 13.0. The first kappa shape index (κ1) is 12.6. The van der Waals surface area contributed by atoms with Gasteiger partial charge in [-0.1, -0.05) is 24.3 Å². The number of carbonyl (C=O) groups is 1. The standard InChI is InChI=1S/C14H16N2OS/c1-11(10-13-8-5-9-18-13)15-14(17)16-12-6-3-2-4-7-12/h2-9,11H,10H2,1H3,(H2,15,16,17)/t11-/m1/s1. The van der Waals surface area contributed by atoms with Crippen LogP contribution in [0, 0.1) is 0 Å². The highest BCUT2D eigenvalue weighted by Crippen LogP contribution is 2.11. The third-order valence-electron chi connectivity index (χ3n) is 2.50. The number of benzene rings is 1. The van der Waals surface area contributed by atoms with E-state index in [1.54, 1.807) is 11.3 Å². The molecule has 3 nitrogen and oxygen atoms in total. The van der Waals surface area contributed by atoms with Crippen LogP contribution in [0.15, 0.2) is 47.8 Å². The normalized spacial score (nSPS) is 11.8. The lowest BCUT2D eigenvalue weighted by Gasteiger charge is -2.13. The lowest BCUT2D eigenvalue weighted by molar-refractivity contribution is 0.249. The van der Waals surface area contributed by atoms with Crippen molar-refractivity contribution in [2.45, 2.75) is 19.4 Å². The fourth-order valence-electron chi connectivity index (χ4n) is 1.69. The summed E-state index contributed by atoms with van der Waals surface area (Å²) in [7, 11) is 0. The van der Waals surface area contributed by atoms with E-state index in [1.165, 1.54) is 4.88 Å². The number of thiophene rings is 1. The van der Waals surface area contributed by atoms with Crippen LogP contribution in [0.1, 0.15) is 11.8 Å². The van der Waals surface area contributed by atoms with Crippen molar-refractivity contribution in [3.8, 4) is 0 Å². The number of amides is 2. The summed E-state index contributed by atoms with van der Waals surface area (Å²) in [6, 6.07) is 13.5. The van der Waals surface area contributed by atoms with Crippen LogP contribution in [-0.2, 0) is 6.42 Å². The third kappa shape index (κ3) is 3.89. The quantitative estimate of drug-likeness (QED) is 0.868. The Hall–Kier alpha value is -1.81. The van der Waals surface area contributed by atoms with Gasteiger partial charge < -0.3 is 10.6 Å². The Balaban J connectivity index is 1.80. The Kier molecular flexibility index (Phi) is 4.36. The number of hydrogen-bond donors (Lipinski definition) is 2. The molecule has 1 atom stereocenters. The molecule has 0 aliphatic carbocycles. The van der Waals surface area contributed by atoms with Crippen molar-refractivity contribution in [2.24, 2.45) is 0 Å². The highest BCUT2D eigenvalue weighted by atomic mass is 32.1. The average molecular weight is 260 g/mol. The Morgan fingerprint density at radius 1 is 1.22 bits per heavy atom. The molecule has 2 amide bonds. The topological polar surface area (TPSA) is 41.1 Å². The van der Waals surface area contributed by atoms with Crippen LogP contribution in [0.4, 0.5) is 10.5 Å². The Morgan fingerprint density at radius 2 is 2.00 bits per heavy atom. The Bertz CT molecular complexity index is 482. The SMILES string of the molecule is C[C@H](Cc1cccs1)NC(=O)Nc1ccccc1. The Labute approximate surface area is 111 Å². The summed E-state index contributed by atoms with van der Waals surface area (Å²) in [6.07, 6.45) is 0.861. The van der Waals surface area contributed by atoms with Gasteiger partial charge in [0.25, 0.3) is 0 Å². The molecule has 1 heterocycles. The van der Waals surface area contributed by atoms with Crippen molar-refractivity contribution in [3.05, 3.63) is 52.7 Å². The number of anilines is 1. The summed E-state index contributed by atoms with van der Waals surface area (Å²) in [5.41, 5.74) is 0.804. The van der Waals surface area contributed by atoms with Gasteiger partial charge in [0.15, 0.2) is 0 Å². The Morgan fingerprint density at radius 3 is 2.67 bits per heavy atom. The van der Waals surface area contributed by atoms with E-state index in [4.69, 9.17) is 0 Å². The molecule has 18 heavy (non-hydrogen) atoms. The molecule has 0 saturated carbocycles. The molecule has 94 valence electrons. The van der Waals surface area contributed by atoms with Gasteiger partial charge in [-0.05, 0) is 30.5 Å². The van der Waals surface area contributed by atoms with E-state index in [0.29, 0.717) is 0 Å². The van der Waals surface area contributed by atoms with Crippen molar-refractivity contribution >= 4 is 23.1 Å². The first-order valence-electron chi connectivity index (χ1n) is 5.89. The summed E-state index contributed by atoms with van der Waals surface area (Å²) in [6.45, 7) is 2.00. The van der Waals surface area contributed by atoms with Gasteiger partial charge in [0, 0.05) is 23.0 Å². The zero-order valence-corrected chi connectivity index (χ0v) is 11.0. The van der Waals surface area contributed by atoms with Crippen molar-refractivity contribution in [2.75, 3.05) is 5.32 Å². The van der Waals surface area contributed by atoms with E-state index >= 15 is 0 Å². The second-order valence-corrected chi connectivity index (χ2v) is 5.18. The summed E-state index contributed by atoms with van der Waals surface area (Å²) in [5, 5.41) is 7.78. The lowest BCUT2D eigenvalue weighted by Crippen LogP contribution is -2.37. The third-order valence-corrected chi connectivity index (χ3v) is 3.40. The maximum Gasteiger partial charge on any atom is 0.319 e. The molecule has 2 aromatic rings. The lowest BCUT2D eigenvalue weighted by atomic mass is 10.2. The van der Waals surface area contributed by atoms with Crippen molar-refractivity contribution < 1.29 is 4.79 Å². The molecular formula is C14H16N2OS. The summed E-state index contributed by atoms with van der Waals surface area (Å²) >= 11 is 1.71. The molecule has 2 rings (SSSR count). The van der Waals surface area contributed by atoms with E-state index in [2.05, 4.69) is 16.7 Å². The molecule has 0 aliphatic heterocycles. The summed E-state index contributed by atoms with van der Waals surface area (Å²) < 4.78 is 0. The molecule has 0 fully saturated rings. The predicted octanol–water partition coefficient (Wildman–Crippen LogP) is 3.50. The highest BCUT2D eigenvalue weighted by molar-refractivity contribution is 7.09. The zero-order valence-electron chi connectivity index (χ0n) is 10.2. The van der Waals surface area contributed by atoms with E-state index in [9.17, 15) is 4.79 Å². The highest BCUT2D eigenvalue weighted by Gasteiger charge is 2.08. The van der Waals surface area contributed by atoms with Crippen LogP contribution in [0.2, 0.25) is 0 Å². The molecule has 4 heteroatoms. The van der Waals surface area contributed by atoms with Gasteiger partial charge in [0.05, 0.1) is 0 Å². The molecule has 1 aromatic heterocycles. The molecule has 0 radical (unpaired) electrons. The minimum Gasteiger partial charge on any atom is -0.335 e. The van der Waals surface area contributed by atoms with Gasteiger partial charge in [0.2, 0.25) is 0 Å². The van der Waals surface area contributed by atoms with Crippen LogP contribution < -0.4 is 10.6 Å². The van der Waals surface area contributed by atoms with Crippen LogP contribution >= 0.6 is 11.3 Å². The molecule has 0 unspecified atom stereocenters. The smallest absolute Gasteiger partial charge is 0.319 e.